The second-order valence-corrected chi connectivity index (χ2v) is 7.51. The molecule has 7 heteroatoms. The molecule has 158 valence electrons. The summed E-state index contributed by atoms with van der Waals surface area (Å²) < 4.78 is 13.7. The molecule has 0 aliphatic carbocycles. The van der Waals surface area contributed by atoms with Gasteiger partial charge in [0, 0.05) is 22.8 Å². The Bertz CT molecular complexity index is 1280. The fraction of sp³-hybridized carbons (Fsp3) is 0.208. The van der Waals surface area contributed by atoms with E-state index in [4.69, 9.17) is 0 Å². The van der Waals surface area contributed by atoms with Crippen molar-refractivity contribution < 1.29 is 14.0 Å². The van der Waals surface area contributed by atoms with Gasteiger partial charge in [0.05, 0.1) is 11.2 Å². The minimum atomic E-state index is -0.756. The van der Waals surface area contributed by atoms with Gasteiger partial charge in [0.1, 0.15) is 17.6 Å². The number of hydrogen-bond donors (Lipinski definition) is 3. The van der Waals surface area contributed by atoms with Crippen molar-refractivity contribution in [1.29, 1.82) is 0 Å². The molecule has 3 N–H and O–H groups in total. The van der Waals surface area contributed by atoms with E-state index in [2.05, 4.69) is 20.6 Å². The van der Waals surface area contributed by atoms with E-state index in [0.29, 0.717) is 17.7 Å². The normalized spacial score (nSPS) is 12.1. The summed E-state index contributed by atoms with van der Waals surface area (Å²) in [5, 5.41) is 7.34. The van der Waals surface area contributed by atoms with Crippen LogP contribution in [0.5, 0.6) is 0 Å². The number of fused-ring (bicyclic) bond motifs is 3. The van der Waals surface area contributed by atoms with E-state index < -0.39 is 11.9 Å². The molecule has 0 bridgehead atoms. The zero-order chi connectivity index (χ0) is 22.0. The van der Waals surface area contributed by atoms with Crippen molar-refractivity contribution in [3.05, 3.63) is 77.4 Å². The molecule has 0 saturated heterocycles. The van der Waals surface area contributed by atoms with Crippen molar-refractivity contribution in [2.24, 2.45) is 0 Å². The van der Waals surface area contributed by atoms with Crippen LogP contribution < -0.4 is 10.6 Å². The maximum absolute atomic E-state index is 13.7. The topological polar surface area (TPSA) is 86.9 Å². The average Bonchev–Trinajstić information content (AvgIpc) is 3.14. The van der Waals surface area contributed by atoms with E-state index in [1.54, 1.807) is 31.2 Å². The predicted molar refractivity (Wildman–Crippen MR) is 118 cm³/mol. The molecule has 1 unspecified atom stereocenters. The molecular weight excluding hydrogens is 395 g/mol. The van der Waals surface area contributed by atoms with Crippen LogP contribution >= 0.6 is 0 Å². The van der Waals surface area contributed by atoms with E-state index in [1.807, 2.05) is 31.2 Å². The first-order chi connectivity index (χ1) is 14.9. The first kappa shape index (κ1) is 20.5. The minimum Gasteiger partial charge on any atom is -0.354 e. The Morgan fingerprint density at radius 1 is 1.10 bits per heavy atom. The lowest BCUT2D eigenvalue weighted by Crippen LogP contribution is -2.45. The maximum atomic E-state index is 13.7. The van der Waals surface area contributed by atoms with Gasteiger partial charge in [-0.2, -0.15) is 0 Å². The van der Waals surface area contributed by atoms with E-state index >= 15 is 0 Å². The van der Waals surface area contributed by atoms with Gasteiger partial charge in [-0.1, -0.05) is 36.4 Å². The molecule has 2 heterocycles. The predicted octanol–water partition coefficient (Wildman–Crippen LogP) is 3.64. The zero-order valence-corrected chi connectivity index (χ0v) is 17.3. The second-order valence-electron chi connectivity index (χ2n) is 7.51. The van der Waals surface area contributed by atoms with Crippen LogP contribution in [0.3, 0.4) is 0 Å². The molecule has 0 spiro atoms. The average molecular weight is 418 g/mol. The number of carbonyl (C=O) groups is 2. The molecular formula is C24H23FN4O2. The van der Waals surface area contributed by atoms with Crippen molar-refractivity contribution in [3.63, 3.8) is 0 Å². The third-order valence-electron chi connectivity index (χ3n) is 5.30. The molecule has 1 atom stereocenters. The van der Waals surface area contributed by atoms with Gasteiger partial charge in [-0.15, -0.1) is 0 Å². The first-order valence-electron chi connectivity index (χ1n) is 10.1. The number of aromatic nitrogens is 2. The Morgan fingerprint density at radius 2 is 1.84 bits per heavy atom. The highest BCUT2D eigenvalue weighted by Crippen LogP contribution is 2.27. The number of nitrogens with one attached hydrogen (secondary N) is 3. The quantitative estimate of drug-likeness (QED) is 0.447. The summed E-state index contributed by atoms with van der Waals surface area (Å²) in [7, 11) is 0. The van der Waals surface area contributed by atoms with E-state index in [0.717, 1.165) is 21.8 Å². The Labute approximate surface area is 178 Å². The second kappa shape index (κ2) is 8.55. The van der Waals surface area contributed by atoms with Gasteiger partial charge in [-0.05, 0) is 44.0 Å². The van der Waals surface area contributed by atoms with Gasteiger partial charge in [-0.25, -0.2) is 9.37 Å². The number of H-pyrrole nitrogens is 1. The van der Waals surface area contributed by atoms with Gasteiger partial charge in [0.15, 0.2) is 0 Å². The van der Waals surface area contributed by atoms with E-state index in [9.17, 15) is 14.0 Å². The third kappa shape index (κ3) is 4.26. The highest BCUT2D eigenvalue weighted by Gasteiger charge is 2.19. The van der Waals surface area contributed by atoms with Crippen molar-refractivity contribution in [3.8, 4) is 0 Å². The highest BCUT2D eigenvalue weighted by atomic mass is 19.1. The van der Waals surface area contributed by atoms with Gasteiger partial charge in [0.25, 0.3) is 5.91 Å². The molecule has 6 nitrogen and oxygen atoms in total. The summed E-state index contributed by atoms with van der Waals surface area (Å²) in [6, 6.07) is 15.3. The van der Waals surface area contributed by atoms with Crippen LogP contribution in [-0.2, 0) is 11.2 Å². The van der Waals surface area contributed by atoms with Crippen LogP contribution in [0.25, 0.3) is 21.8 Å². The summed E-state index contributed by atoms with van der Waals surface area (Å²) >= 11 is 0. The molecule has 0 aliphatic heterocycles. The van der Waals surface area contributed by atoms with Gasteiger partial charge >= 0.3 is 0 Å². The monoisotopic (exact) mass is 418 g/mol. The lowest BCUT2D eigenvalue weighted by molar-refractivity contribution is -0.122. The smallest absolute Gasteiger partial charge is 0.270 e. The van der Waals surface area contributed by atoms with Crippen LogP contribution in [0, 0.1) is 12.7 Å². The largest absolute Gasteiger partial charge is 0.354 e. The molecule has 0 saturated carbocycles. The Hall–Kier alpha value is -3.74. The summed E-state index contributed by atoms with van der Waals surface area (Å²) in [5.74, 6) is -1.06. The van der Waals surface area contributed by atoms with Crippen molar-refractivity contribution >= 4 is 33.6 Å². The SMILES string of the molecule is Cc1nc(C(=O)NC(C)C(=O)NCCc2ccccc2F)cc2c1[nH]c1ccccc12. The number of aromatic amines is 1. The molecule has 4 aromatic rings. The first-order valence-corrected chi connectivity index (χ1v) is 10.1. The Morgan fingerprint density at radius 3 is 2.65 bits per heavy atom. The maximum Gasteiger partial charge on any atom is 0.270 e. The van der Waals surface area contributed by atoms with Gasteiger partial charge in [-0.3, -0.25) is 9.59 Å². The van der Waals surface area contributed by atoms with Crippen LogP contribution in [0.4, 0.5) is 4.39 Å². The Kier molecular flexibility index (Phi) is 5.66. The summed E-state index contributed by atoms with van der Waals surface area (Å²) in [6.45, 7) is 3.72. The number of rotatable bonds is 6. The number of pyridine rings is 1. The number of halogens is 1. The van der Waals surface area contributed by atoms with Crippen LogP contribution in [-0.4, -0.2) is 34.4 Å². The number of benzene rings is 2. The lowest BCUT2D eigenvalue weighted by Gasteiger charge is -2.14. The van der Waals surface area contributed by atoms with Crippen molar-refractivity contribution in [2.45, 2.75) is 26.3 Å². The van der Waals surface area contributed by atoms with Gasteiger partial charge < -0.3 is 15.6 Å². The highest BCUT2D eigenvalue weighted by molar-refractivity contribution is 6.10. The third-order valence-corrected chi connectivity index (χ3v) is 5.30. The number of carbonyl (C=O) groups excluding carboxylic acids is 2. The van der Waals surface area contributed by atoms with Crippen LogP contribution in [0.2, 0.25) is 0 Å². The molecule has 4 rings (SSSR count). The van der Waals surface area contributed by atoms with E-state index in [-0.39, 0.29) is 24.0 Å². The lowest BCUT2D eigenvalue weighted by atomic mass is 10.1. The van der Waals surface area contributed by atoms with Crippen molar-refractivity contribution in [1.82, 2.24) is 20.6 Å². The standard InChI is InChI=1S/C24H23FN4O2/c1-14-22-18(17-8-4-6-10-20(17)29-22)13-21(27-14)24(31)28-15(2)23(30)26-12-11-16-7-3-5-9-19(16)25/h3-10,13,15,29H,11-12H2,1-2H3,(H,26,30)(H,28,31). The molecule has 2 aromatic heterocycles. The summed E-state index contributed by atoms with van der Waals surface area (Å²) in [6.07, 6.45) is 0.372. The fourth-order valence-electron chi connectivity index (χ4n) is 3.63. The Balaban J connectivity index is 1.42. The molecule has 2 amide bonds. The molecule has 0 radical (unpaired) electrons. The number of para-hydroxylation sites is 1. The van der Waals surface area contributed by atoms with Crippen LogP contribution in [0.15, 0.2) is 54.6 Å². The summed E-state index contributed by atoms with van der Waals surface area (Å²) in [5.41, 5.74) is 3.35. The number of amides is 2. The summed E-state index contributed by atoms with van der Waals surface area (Å²) in [4.78, 5) is 32.8. The van der Waals surface area contributed by atoms with Gasteiger partial charge in [0.2, 0.25) is 5.91 Å². The molecule has 2 aromatic carbocycles. The number of nitrogens with zero attached hydrogens (tertiary/aromatic N) is 1. The fourth-order valence-corrected chi connectivity index (χ4v) is 3.63. The van der Waals surface area contributed by atoms with Crippen LogP contribution in [0.1, 0.15) is 28.7 Å². The zero-order valence-electron chi connectivity index (χ0n) is 17.3. The number of hydrogen-bond acceptors (Lipinski definition) is 3. The number of aryl methyl sites for hydroxylation is 1. The van der Waals surface area contributed by atoms with E-state index in [1.165, 1.54) is 6.07 Å². The molecule has 31 heavy (non-hydrogen) atoms. The molecule has 0 aliphatic rings. The molecule has 0 fully saturated rings. The van der Waals surface area contributed by atoms with Crippen molar-refractivity contribution in [2.75, 3.05) is 6.54 Å². The minimum absolute atomic E-state index is 0.251.